The number of amides is 1. The SMILES string of the molecule is O=CNNc1ccc(C(=O)O)c(O)c1. The molecule has 6 heteroatoms. The number of aromatic carboxylic acids is 1. The Bertz CT molecular complexity index is 364. The van der Waals surface area contributed by atoms with Crippen LogP contribution in [0.1, 0.15) is 10.4 Å². The molecule has 1 amide bonds. The molecule has 0 spiro atoms. The number of anilines is 1. The Morgan fingerprint density at radius 1 is 1.43 bits per heavy atom. The largest absolute Gasteiger partial charge is 0.507 e. The molecule has 0 heterocycles. The highest BCUT2D eigenvalue weighted by Crippen LogP contribution is 2.21. The Hall–Kier alpha value is -2.24. The third kappa shape index (κ3) is 2.13. The normalized spacial score (nSPS) is 9.14. The number of hydrogen-bond donors (Lipinski definition) is 4. The molecule has 0 aliphatic carbocycles. The summed E-state index contributed by atoms with van der Waals surface area (Å²) >= 11 is 0. The third-order valence-electron chi connectivity index (χ3n) is 1.50. The molecule has 0 atom stereocenters. The topological polar surface area (TPSA) is 98.7 Å². The van der Waals surface area contributed by atoms with E-state index in [-0.39, 0.29) is 11.3 Å². The number of benzene rings is 1. The summed E-state index contributed by atoms with van der Waals surface area (Å²) in [5.74, 6) is -1.58. The highest BCUT2D eigenvalue weighted by Gasteiger charge is 2.08. The van der Waals surface area contributed by atoms with Crippen molar-refractivity contribution in [2.24, 2.45) is 0 Å². The van der Waals surface area contributed by atoms with Gasteiger partial charge in [0, 0.05) is 6.07 Å². The first-order valence-corrected chi connectivity index (χ1v) is 3.66. The van der Waals surface area contributed by atoms with E-state index in [9.17, 15) is 14.7 Å². The molecule has 74 valence electrons. The Kier molecular flexibility index (Phi) is 2.90. The Balaban J connectivity index is 2.88. The molecule has 0 radical (unpaired) electrons. The predicted molar refractivity (Wildman–Crippen MR) is 47.9 cm³/mol. The number of carboxylic acid groups (broad SMARTS) is 1. The number of hydrogen-bond acceptors (Lipinski definition) is 4. The lowest BCUT2D eigenvalue weighted by Crippen LogP contribution is -2.18. The van der Waals surface area contributed by atoms with Crippen molar-refractivity contribution in [2.45, 2.75) is 0 Å². The first-order valence-electron chi connectivity index (χ1n) is 3.66. The van der Waals surface area contributed by atoms with Crippen LogP contribution in [0.4, 0.5) is 5.69 Å². The van der Waals surface area contributed by atoms with Gasteiger partial charge in [-0.2, -0.15) is 0 Å². The summed E-state index contributed by atoms with van der Waals surface area (Å²) in [5.41, 5.74) is 4.78. The molecule has 0 unspecified atom stereocenters. The number of carbonyl (C=O) groups excluding carboxylic acids is 1. The maximum atomic E-state index is 10.5. The van der Waals surface area contributed by atoms with Crippen LogP contribution in [0.3, 0.4) is 0 Å². The number of hydrazine groups is 1. The Morgan fingerprint density at radius 2 is 2.14 bits per heavy atom. The van der Waals surface area contributed by atoms with Crippen LogP contribution < -0.4 is 10.9 Å². The lowest BCUT2D eigenvalue weighted by Gasteiger charge is -2.05. The highest BCUT2D eigenvalue weighted by atomic mass is 16.4. The maximum absolute atomic E-state index is 10.5. The summed E-state index contributed by atoms with van der Waals surface area (Å²) in [7, 11) is 0. The van der Waals surface area contributed by atoms with Crippen molar-refractivity contribution in [3.63, 3.8) is 0 Å². The van der Waals surface area contributed by atoms with Gasteiger partial charge in [-0.3, -0.25) is 15.6 Å². The summed E-state index contributed by atoms with van der Waals surface area (Å²) in [4.78, 5) is 20.4. The second kappa shape index (κ2) is 4.13. The van der Waals surface area contributed by atoms with Crippen molar-refractivity contribution < 1.29 is 19.8 Å². The second-order valence-electron chi connectivity index (χ2n) is 2.42. The summed E-state index contributed by atoms with van der Waals surface area (Å²) in [6.07, 6.45) is 0.419. The van der Waals surface area contributed by atoms with Crippen LogP contribution in [0.15, 0.2) is 18.2 Å². The molecule has 1 aromatic carbocycles. The molecule has 1 rings (SSSR count). The van der Waals surface area contributed by atoms with Crippen molar-refractivity contribution in [3.05, 3.63) is 23.8 Å². The van der Waals surface area contributed by atoms with Gasteiger partial charge < -0.3 is 10.2 Å². The minimum Gasteiger partial charge on any atom is -0.507 e. The Morgan fingerprint density at radius 3 is 2.64 bits per heavy atom. The van der Waals surface area contributed by atoms with Gasteiger partial charge in [0.15, 0.2) is 0 Å². The van der Waals surface area contributed by atoms with Crippen LogP contribution in [-0.4, -0.2) is 22.6 Å². The lowest BCUT2D eigenvalue weighted by atomic mass is 10.2. The van der Waals surface area contributed by atoms with E-state index >= 15 is 0 Å². The van der Waals surface area contributed by atoms with Gasteiger partial charge >= 0.3 is 5.97 Å². The molecule has 4 N–H and O–H groups in total. The summed E-state index contributed by atoms with van der Waals surface area (Å²) in [5, 5.41) is 17.8. The number of rotatable bonds is 4. The van der Waals surface area contributed by atoms with E-state index in [1.165, 1.54) is 18.2 Å². The number of carbonyl (C=O) groups is 2. The fraction of sp³-hybridized carbons (Fsp3) is 0. The molecular formula is C8H8N2O4. The Labute approximate surface area is 79.1 Å². The number of carboxylic acids is 1. The number of nitrogens with one attached hydrogen (secondary N) is 2. The van der Waals surface area contributed by atoms with Gasteiger partial charge in [0.1, 0.15) is 11.3 Å². The van der Waals surface area contributed by atoms with Crippen LogP contribution in [0.2, 0.25) is 0 Å². The van der Waals surface area contributed by atoms with E-state index in [4.69, 9.17) is 5.11 Å². The molecule has 0 bridgehead atoms. The van der Waals surface area contributed by atoms with E-state index in [0.29, 0.717) is 12.1 Å². The van der Waals surface area contributed by atoms with E-state index < -0.39 is 5.97 Å². The van der Waals surface area contributed by atoms with E-state index in [0.717, 1.165) is 0 Å². The fourth-order valence-corrected chi connectivity index (χ4v) is 0.903. The zero-order valence-corrected chi connectivity index (χ0v) is 7.02. The average molecular weight is 196 g/mol. The van der Waals surface area contributed by atoms with E-state index in [2.05, 4.69) is 10.9 Å². The molecule has 6 nitrogen and oxygen atoms in total. The van der Waals surface area contributed by atoms with Crippen molar-refractivity contribution in [3.8, 4) is 5.75 Å². The lowest BCUT2D eigenvalue weighted by molar-refractivity contribution is -0.109. The standard InChI is InChI=1S/C8H8N2O4/c11-4-9-10-5-1-2-6(8(13)14)7(12)3-5/h1-4,10,12H,(H,9,11)(H,13,14). The molecule has 0 saturated heterocycles. The third-order valence-corrected chi connectivity index (χ3v) is 1.50. The van der Waals surface area contributed by atoms with Gasteiger partial charge in [-0.05, 0) is 12.1 Å². The van der Waals surface area contributed by atoms with Gasteiger partial charge in [-0.25, -0.2) is 4.79 Å². The zero-order valence-electron chi connectivity index (χ0n) is 7.02. The van der Waals surface area contributed by atoms with Crippen molar-refractivity contribution in [2.75, 3.05) is 5.43 Å². The van der Waals surface area contributed by atoms with Crippen LogP contribution >= 0.6 is 0 Å². The number of aromatic hydroxyl groups is 1. The molecular weight excluding hydrogens is 188 g/mol. The average Bonchev–Trinajstić information content (AvgIpc) is 2.14. The minimum atomic E-state index is -1.21. The van der Waals surface area contributed by atoms with Crippen LogP contribution in [0.25, 0.3) is 0 Å². The zero-order chi connectivity index (χ0) is 10.6. The minimum absolute atomic E-state index is 0.193. The van der Waals surface area contributed by atoms with Gasteiger partial charge in [0.25, 0.3) is 0 Å². The first kappa shape index (κ1) is 9.85. The number of phenols is 1. The molecule has 0 aliphatic heterocycles. The van der Waals surface area contributed by atoms with Crippen molar-refractivity contribution in [1.82, 2.24) is 5.43 Å². The van der Waals surface area contributed by atoms with Crippen LogP contribution in [0, 0.1) is 0 Å². The predicted octanol–water partition coefficient (Wildman–Crippen LogP) is 0.163. The molecule has 0 saturated carbocycles. The molecule has 0 aliphatic rings. The molecule has 0 aromatic heterocycles. The van der Waals surface area contributed by atoms with Crippen molar-refractivity contribution in [1.29, 1.82) is 0 Å². The van der Waals surface area contributed by atoms with Crippen molar-refractivity contribution >= 4 is 18.1 Å². The van der Waals surface area contributed by atoms with Crippen LogP contribution in [0.5, 0.6) is 5.75 Å². The van der Waals surface area contributed by atoms with E-state index in [1.807, 2.05) is 0 Å². The first-order chi connectivity index (χ1) is 6.65. The monoisotopic (exact) mass is 196 g/mol. The maximum Gasteiger partial charge on any atom is 0.339 e. The van der Waals surface area contributed by atoms with Gasteiger partial charge in [0.05, 0.1) is 5.69 Å². The van der Waals surface area contributed by atoms with Gasteiger partial charge in [-0.15, -0.1) is 0 Å². The smallest absolute Gasteiger partial charge is 0.339 e. The fourth-order valence-electron chi connectivity index (χ4n) is 0.903. The summed E-state index contributed by atoms with van der Waals surface area (Å²) in [6.45, 7) is 0. The molecule has 1 aromatic rings. The summed E-state index contributed by atoms with van der Waals surface area (Å²) in [6, 6.07) is 3.84. The van der Waals surface area contributed by atoms with E-state index in [1.54, 1.807) is 0 Å². The van der Waals surface area contributed by atoms with Gasteiger partial charge in [0.2, 0.25) is 6.41 Å². The van der Waals surface area contributed by atoms with Gasteiger partial charge in [-0.1, -0.05) is 0 Å². The summed E-state index contributed by atoms with van der Waals surface area (Å²) < 4.78 is 0. The second-order valence-corrected chi connectivity index (χ2v) is 2.42. The molecule has 14 heavy (non-hydrogen) atoms. The quantitative estimate of drug-likeness (QED) is 0.406. The van der Waals surface area contributed by atoms with Crippen LogP contribution in [-0.2, 0) is 4.79 Å². The molecule has 0 fully saturated rings. The highest BCUT2D eigenvalue weighted by molar-refractivity contribution is 5.91.